The number of hydrogen-bond donors (Lipinski definition) is 8. The fourth-order valence-electron chi connectivity index (χ4n) is 8.72. The number of benzene rings is 8. The molecule has 8 aromatic carbocycles. The van der Waals surface area contributed by atoms with E-state index < -0.39 is 72.3 Å². The maximum Gasteiger partial charge on any atom is 0.282 e. The van der Waals surface area contributed by atoms with Crippen molar-refractivity contribution in [2.24, 2.45) is 0 Å². The summed E-state index contributed by atoms with van der Waals surface area (Å²) in [5.74, 6) is -5.94. The summed E-state index contributed by atoms with van der Waals surface area (Å²) in [5, 5.41) is 96.6. The van der Waals surface area contributed by atoms with Crippen LogP contribution in [0, 0.1) is 0 Å². The summed E-state index contributed by atoms with van der Waals surface area (Å²) in [6.45, 7) is 0. The van der Waals surface area contributed by atoms with E-state index in [0.29, 0.717) is 40.3 Å². The van der Waals surface area contributed by atoms with Gasteiger partial charge < -0.3 is 20.4 Å². The Morgan fingerprint density at radius 2 is 0.434 bits per heavy atom. The van der Waals surface area contributed by atoms with Crippen LogP contribution in [0.2, 0.25) is 20.1 Å². The van der Waals surface area contributed by atoms with Crippen LogP contribution < -0.4 is 20.3 Å². The Morgan fingerprint density at radius 3 is 0.579 bits per heavy atom. The van der Waals surface area contributed by atoms with Gasteiger partial charge in [-0.3, -0.25) is 40.0 Å². The number of carbonyl (C=O) groups excluding carboxylic acids is 4. The normalized spacial score (nSPS) is 11.9. The van der Waals surface area contributed by atoms with E-state index in [1.165, 1.54) is 146 Å². The monoisotopic (exact) mass is 1100 g/mol. The molecule has 0 saturated heterocycles. The standard InChI is InChI=1S/C56H40Cl4N4O12/c57-41-1-9-45(10-2-41)61(73)53(69)37-21-29-17-31-23-38(54(70)62(74)46-11-3-42(58)4-12-46)25-33(50(31)66)19-35-27-40(56(72)64(76)48-15-7-44(60)8-16-48)28-36(52(35)68)20-34-26-39(24-32(51(34)67)18-30(22-37)49(29)65)55(71)63(75)47-13-5-43(59)6-14-47/h1-16,21-28,65-68,73-76H,17-20H2. The average molecular weight is 1100 g/mol. The highest BCUT2D eigenvalue weighted by Gasteiger charge is 2.29. The number of hydrogen-bond acceptors (Lipinski definition) is 12. The lowest BCUT2D eigenvalue weighted by atomic mass is 9.88. The first kappa shape index (κ1) is 52.7. The van der Waals surface area contributed by atoms with E-state index in [2.05, 4.69) is 0 Å². The fourth-order valence-corrected chi connectivity index (χ4v) is 9.22. The molecule has 384 valence electrons. The predicted molar refractivity (Wildman–Crippen MR) is 284 cm³/mol. The minimum atomic E-state index is -1.00. The largest absolute Gasteiger partial charge is 0.507 e. The van der Waals surface area contributed by atoms with Gasteiger partial charge in [-0.15, -0.1) is 0 Å². The molecule has 1 aliphatic rings. The molecule has 0 saturated carbocycles. The minimum Gasteiger partial charge on any atom is -0.507 e. The zero-order valence-electron chi connectivity index (χ0n) is 39.2. The molecule has 8 N–H and O–H groups in total. The molecular formula is C56H40Cl4N4O12. The van der Waals surface area contributed by atoms with Gasteiger partial charge in [-0.2, -0.15) is 20.3 Å². The van der Waals surface area contributed by atoms with Crippen molar-refractivity contribution in [3.05, 3.63) is 232 Å². The van der Waals surface area contributed by atoms with Gasteiger partial charge >= 0.3 is 0 Å². The molecule has 0 aromatic heterocycles. The highest BCUT2D eigenvalue weighted by atomic mass is 35.5. The van der Waals surface area contributed by atoms with Gasteiger partial charge in [0.2, 0.25) is 0 Å². The maximum atomic E-state index is 14.2. The predicted octanol–water partition coefficient (Wildman–Crippen LogP) is 11.9. The van der Waals surface area contributed by atoms with Crippen LogP contribution in [0.25, 0.3) is 0 Å². The van der Waals surface area contributed by atoms with Crippen LogP contribution in [0.1, 0.15) is 85.9 Å². The molecule has 20 heteroatoms. The topological polar surface area (TPSA) is 243 Å². The zero-order valence-corrected chi connectivity index (χ0v) is 42.2. The molecule has 8 aromatic rings. The van der Waals surface area contributed by atoms with E-state index in [1.54, 1.807) is 0 Å². The molecule has 16 nitrogen and oxygen atoms in total. The van der Waals surface area contributed by atoms with Crippen molar-refractivity contribution in [3.8, 4) is 23.0 Å². The van der Waals surface area contributed by atoms with Gasteiger partial charge in [0.1, 0.15) is 23.0 Å². The van der Waals surface area contributed by atoms with Crippen molar-refractivity contribution in [2.45, 2.75) is 25.7 Å². The molecule has 9 rings (SSSR count). The van der Waals surface area contributed by atoms with E-state index in [-0.39, 0.29) is 89.5 Å². The van der Waals surface area contributed by atoms with Crippen LogP contribution in [0.15, 0.2) is 146 Å². The Hall–Kier alpha value is -8.16. The minimum absolute atomic E-state index is 0.0125. The van der Waals surface area contributed by atoms with Crippen LogP contribution in [0.4, 0.5) is 22.7 Å². The molecule has 0 atom stereocenters. The molecule has 0 radical (unpaired) electrons. The van der Waals surface area contributed by atoms with Crippen LogP contribution in [-0.2, 0) is 25.7 Å². The van der Waals surface area contributed by atoms with Gasteiger partial charge in [-0.25, -0.2) is 0 Å². The van der Waals surface area contributed by atoms with Gasteiger partial charge in [0.25, 0.3) is 23.6 Å². The third kappa shape index (κ3) is 10.8. The van der Waals surface area contributed by atoms with Crippen molar-refractivity contribution in [1.29, 1.82) is 0 Å². The molecule has 8 bridgehead atoms. The van der Waals surface area contributed by atoms with Crippen LogP contribution in [0.3, 0.4) is 0 Å². The quantitative estimate of drug-likeness (QED) is 0.0523. The second-order valence-corrected chi connectivity index (χ2v) is 19.4. The van der Waals surface area contributed by atoms with Crippen molar-refractivity contribution in [2.75, 3.05) is 20.3 Å². The highest BCUT2D eigenvalue weighted by Crippen LogP contribution is 2.41. The first-order valence-electron chi connectivity index (χ1n) is 22.8. The van der Waals surface area contributed by atoms with E-state index in [9.17, 15) is 60.4 Å². The zero-order chi connectivity index (χ0) is 54.3. The average Bonchev–Trinajstić information content (AvgIpc) is 3.41. The van der Waals surface area contributed by atoms with Crippen LogP contribution in [0.5, 0.6) is 23.0 Å². The summed E-state index contributed by atoms with van der Waals surface area (Å²) in [6.07, 6.45) is -1.87. The first-order chi connectivity index (χ1) is 36.2. The number of anilines is 4. The van der Waals surface area contributed by atoms with Crippen molar-refractivity contribution in [3.63, 3.8) is 0 Å². The lowest BCUT2D eigenvalue weighted by molar-refractivity contribution is 0.0849. The first-order valence-corrected chi connectivity index (χ1v) is 24.3. The lowest BCUT2D eigenvalue weighted by Crippen LogP contribution is -2.27. The van der Waals surface area contributed by atoms with Crippen molar-refractivity contribution in [1.82, 2.24) is 0 Å². The molecular weight excluding hydrogens is 1060 g/mol. The molecule has 0 heterocycles. The second kappa shape index (κ2) is 21.6. The summed E-state index contributed by atoms with van der Waals surface area (Å²) in [5.41, 5.74) is -1.38. The number of phenols is 4. The molecule has 0 spiro atoms. The Bertz CT molecular complexity index is 3050. The molecule has 0 aliphatic heterocycles. The third-order valence-corrected chi connectivity index (χ3v) is 13.6. The van der Waals surface area contributed by atoms with E-state index >= 15 is 0 Å². The maximum absolute atomic E-state index is 14.2. The highest BCUT2D eigenvalue weighted by molar-refractivity contribution is 6.31. The van der Waals surface area contributed by atoms with E-state index in [4.69, 9.17) is 46.4 Å². The number of amides is 4. The number of nitrogens with zero attached hydrogens (tertiary/aromatic N) is 4. The number of halogens is 4. The number of hydroxylamine groups is 4. The summed E-state index contributed by atoms with van der Waals surface area (Å²) in [4.78, 5) is 56.9. The van der Waals surface area contributed by atoms with Crippen LogP contribution in [-0.4, -0.2) is 64.9 Å². The lowest BCUT2D eigenvalue weighted by Gasteiger charge is -2.22. The van der Waals surface area contributed by atoms with Crippen LogP contribution >= 0.6 is 46.4 Å². The van der Waals surface area contributed by atoms with Gasteiger partial charge in [-0.05, 0) is 190 Å². The summed E-state index contributed by atoms with van der Waals surface area (Å²) in [7, 11) is 0. The van der Waals surface area contributed by atoms with Crippen molar-refractivity contribution >= 4 is 92.8 Å². The van der Waals surface area contributed by atoms with Crippen molar-refractivity contribution < 1.29 is 60.4 Å². The Labute approximate surface area is 452 Å². The summed E-state index contributed by atoms with van der Waals surface area (Å²) >= 11 is 24.3. The van der Waals surface area contributed by atoms with E-state index in [1.807, 2.05) is 0 Å². The van der Waals surface area contributed by atoms with Gasteiger partial charge in [0.15, 0.2) is 0 Å². The summed E-state index contributed by atoms with van der Waals surface area (Å²) in [6, 6.07) is 32.5. The SMILES string of the molecule is O=C(c1cc2c(O)c(c1)Cc1cc(C(=O)N(O)c3ccc(Cl)cc3)cc(c1O)Cc1cc(C(=O)N(O)c3ccc(Cl)cc3)cc(c1O)Cc1cc(C(=O)N(O)c3ccc(Cl)cc3)cc(c1O)C2)N(O)c1ccc(Cl)cc1. The number of phenolic OH excluding ortho intramolecular Hbond substituents is 4. The number of aromatic hydroxyl groups is 4. The molecule has 1 aliphatic carbocycles. The molecule has 0 unspecified atom stereocenters. The number of fused-ring (bicyclic) bond motifs is 8. The van der Waals surface area contributed by atoms with E-state index in [0.717, 1.165) is 0 Å². The molecule has 76 heavy (non-hydrogen) atoms. The molecule has 4 amide bonds. The number of rotatable bonds is 8. The third-order valence-electron chi connectivity index (χ3n) is 12.6. The second-order valence-electron chi connectivity index (χ2n) is 17.7. The van der Waals surface area contributed by atoms with Gasteiger partial charge in [0.05, 0.1) is 22.7 Å². The smallest absolute Gasteiger partial charge is 0.282 e. The fraction of sp³-hybridized carbons (Fsp3) is 0.0714. The van der Waals surface area contributed by atoms with Gasteiger partial charge in [0, 0.05) is 68.0 Å². The Kier molecular flexibility index (Phi) is 15.0. The van der Waals surface area contributed by atoms with Gasteiger partial charge in [-0.1, -0.05) is 46.4 Å². The number of carbonyl (C=O) groups is 4. The summed E-state index contributed by atoms with van der Waals surface area (Å²) < 4.78 is 0. The Balaban J connectivity index is 1.27. The molecule has 0 fully saturated rings. The Morgan fingerprint density at radius 1 is 0.289 bits per heavy atom.